The van der Waals surface area contributed by atoms with Crippen molar-refractivity contribution in [2.24, 2.45) is 0 Å². The van der Waals surface area contributed by atoms with E-state index < -0.39 is 17.7 Å². The van der Waals surface area contributed by atoms with Crippen LogP contribution < -0.4 is 9.47 Å². The minimum atomic E-state index is -0.782. The van der Waals surface area contributed by atoms with Gasteiger partial charge in [-0.1, -0.05) is 12.1 Å². The Kier molecular flexibility index (Phi) is 5.73. The van der Waals surface area contributed by atoms with E-state index >= 15 is 0 Å². The summed E-state index contributed by atoms with van der Waals surface area (Å²) in [5.41, 5.74) is 1.07. The highest BCUT2D eigenvalue weighted by Crippen LogP contribution is 2.42. The van der Waals surface area contributed by atoms with Gasteiger partial charge in [-0.25, -0.2) is 0 Å². The molecule has 0 radical (unpaired) electrons. The summed E-state index contributed by atoms with van der Waals surface area (Å²) in [6, 6.07) is 11.4. The Bertz CT molecular complexity index is 1140. The number of thiophene rings is 1. The number of ketones is 1. The summed E-state index contributed by atoms with van der Waals surface area (Å²) in [7, 11) is 3.05. The van der Waals surface area contributed by atoms with E-state index in [1.54, 1.807) is 30.3 Å². The molecule has 31 heavy (non-hydrogen) atoms. The molecule has 0 bridgehead atoms. The highest BCUT2D eigenvalue weighted by Gasteiger charge is 2.46. The third-order valence-electron chi connectivity index (χ3n) is 5.12. The van der Waals surface area contributed by atoms with E-state index in [9.17, 15) is 14.7 Å². The maximum atomic E-state index is 13.0. The van der Waals surface area contributed by atoms with E-state index in [2.05, 4.69) is 4.98 Å². The van der Waals surface area contributed by atoms with Gasteiger partial charge in [-0.15, -0.1) is 11.3 Å². The Morgan fingerprint density at radius 2 is 1.84 bits per heavy atom. The fraction of sp³-hybridized carbons (Fsp3) is 0.174. The van der Waals surface area contributed by atoms with Gasteiger partial charge in [0.25, 0.3) is 11.7 Å². The first-order chi connectivity index (χ1) is 15.0. The predicted octanol–water partition coefficient (Wildman–Crippen LogP) is 3.78. The number of carbonyl (C=O) groups excluding carboxylic acids is 2. The number of ether oxygens (including phenoxy) is 2. The molecule has 2 aromatic heterocycles. The second kappa shape index (κ2) is 8.61. The number of Topliss-reactive ketones (excluding diaryl/α,β-unsaturated/α-hetero) is 1. The Labute approximate surface area is 183 Å². The molecule has 0 spiro atoms. The number of hydrogen-bond donors (Lipinski definition) is 1. The number of methoxy groups -OCH3 is 2. The Hall–Kier alpha value is -3.65. The molecule has 4 rings (SSSR count). The van der Waals surface area contributed by atoms with Crippen molar-refractivity contribution in [1.82, 2.24) is 9.88 Å². The minimum absolute atomic E-state index is 0.0278. The van der Waals surface area contributed by atoms with Gasteiger partial charge in [0, 0.05) is 22.8 Å². The lowest BCUT2D eigenvalue weighted by Crippen LogP contribution is -2.28. The van der Waals surface area contributed by atoms with Gasteiger partial charge in [0.05, 0.1) is 32.4 Å². The fourth-order valence-corrected chi connectivity index (χ4v) is 4.35. The van der Waals surface area contributed by atoms with Crippen molar-refractivity contribution in [2.45, 2.75) is 12.6 Å². The van der Waals surface area contributed by atoms with E-state index in [0.717, 1.165) is 4.88 Å². The molecule has 7 nitrogen and oxygen atoms in total. The molecular formula is C23H20N2O5S. The molecule has 1 aliphatic rings. The van der Waals surface area contributed by atoms with Crippen molar-refractivity contribution in [2.75, 3.05) is 14.2 Å². The van der Waals surface area contributed by atoms with Crippen LogP contribution in [0.3, 0.4) is 0 Å². The molecular weight excluding hydrogens is 416 g/mol. The maximum absolute atomic E-state index is 13.0. The Morgan fingerprint density at radius 3 is 2.48 bits per heavy atom. The molecule has 0 aliphatic carbocycles. The van der Waals surface area contributed by atoms with Crippen LogP contribution in [-0.2, 0) is 16.1 Å². The molecule has 1 unspecified atom stereocenters. The van der Waals surface area contributed by atoms with Crippen molar-refractivity contribution in [1.29, 1.82) is 0 Å². The number of carbonyl (C=O) groups is 2. The standard InChI is InChI=1S/C23H20N2O5S/c1-29-17-6-5-15(12-18(17)30-2)20-19(21(26)14-7-9-24-10-8-14)22(27)23(28)25(20)13-16-4-3-11-31-16/h3-12,20,26H,13H2,1-2H3/b21-19-. The van der Waals surface area contributed by atoms with E-state index in [0.29, 0.717) is 22.6 Å². The highest BCUT2D eigenvalue weighted by atomic mass is 32.1. The molecule has 3 aromatic rings. The van der Waals surface area contributed by atoms with Gasteiger partial charge in [0.1, 0.15) is 5.76 Å². The Balaban J connectivity index is 1.89. The average molecular weight is 436 g/mol. The van der Waals surface area contributed by atoms with E-state index in [-0.39, 0.29) is 17.9 Å². The first-order valence-electron chi connectivity index (χ1n) is 9.48. The third kappa shape index (κ3) is 3.77. The van der Waals surface area contributed by atoms with Crippen molar-refractivity contribution in [3.8, 4) is 11.5 Å². The lowest BCUT2D eigenvalue weighted by atomic mass is 9.95. The van der Waals surface area contributed by atoms with Crippen LogP contribution in [0, 0.1) is 0 Å². The maximum Gasteiger partial charge on any atom is 0.295 e. The van der Waals surface area contributed by atoms with Gasteiger partial charge in [0.15, 0.2) is 11.5 Å². The summed E-state index contributed by atoms with van der Waals surface area (Å²) in [5.74, 6) is -0.648. The summed E-state index contributed by atoms with van der Waals surface area (Å²) in [6.45, 7) is 0.244. The van der Waals surface area contributed by atoms with Crippen molar-refractivity contribution in [3.63, 3.8) is 0 Å². The van der Waals surface area contributed by atoms with Crippen LogP contribution in [0.5, 0.6) is 11.5 Å². The van der Waals surface area contributed by atoms with Gasteiger partial charge < -0.3 is 19.5 Å². The zero-order valence-electron chi connectivity index (χ0n) is 16.9. The second-order valence-electron chi connectivity index (χ2n) is 6.86. The first-order valence-corrected chi connectivity index (χ1v) is 10.4. The predicted molar refractivity (Wildman–Crippen MR) is 116 cm³/mol. The van der Waals surface area contributed by atoms with Gasteiger partial charge >= 0.3 is 0 Å². The lowest BCUT2D eigenvalue weighted by Gasteiger charge is -2.25. The van der Waals surface area contributed by atoms with Crippen LogP contribution in [0.25, 0.3) is 5.76 Å². The molecule has 158 valence electrons. The number of likely N-dealkylation sites (tertiary alicyclic amines) is 1. The summed E-state index contributed by atoms with van der Waals surface area (Å²) in [4.78, 5) is 32.4. The van der Waals surface area contributed by atoms with Crippen molar-refractivity contribution in [3.05, 3.63) is 81.8 Å². The molecule has 0 saturated carbocycles. The molecule has 8 heteroatoms. The zero-order valence-corrected chi connectivity index (χ0v) is 17.8. The average Bonchev–Trinajstić information content (AvgIpc) is 3.41. The van der Waals surface area contributed by atoms with Crippen LogP contribution in [-0.4, -0.2) is 40.9 Å². The fourth-order valence-electron chi connectivity index (χ4n) is 3.65. The van der Waals surface area contributed by atoms with Gasteiger partial charge in [0.2, 0.25) is 0 Å². The SMILES string of the molecule is COc1ccc(C2/C(=C(/O)c3ccncc3)C(=O)C(=O)N2Cc2cccs2)cc1OC. The van der Waals surface area contributed by atoms with Crippen LogP contribution in [0.2, 0.25) is 0 Å². The molecule has 1 amide bonds. The number of aromatic nitrogens is 1. The van der Waals surface area contributed by atoms with Gasteiger partial charge in [-0.3, -0.25) is 14.6 Å². The number of hydrogen-bond acceptors (Lipinski definition) is 7. The van der Waals surface area contributed by atoms with Gasteiger partial charge in [-0.2, -0.15) is 0 Å². The molecule has 1 aliphatic heterocycles. The van der Waals surface area contributed by atoms with E-state index in [1.165, 1.54) is 42.8 Å². The van der Waals surface area contributed by atoms with E-state index in [4.69, 9.17) is 9.47 Å². The molecule has 1 fully saturated rings. The number of amides is 1. The highest BCUT2D eigenvalue weighted by molar-refractivity contribution is 7.09. The first kappa shape index (κ1) is 20.6. The number of aliphatic hydroxyl groups excluding tert-OH is 1. The number of pyridine rings is 1. The smallest absolute Gasteiger partial charge is 0.295 e. The van der Waals surface area contributed by atoms with Crippen LogP contribution in [0.1, 0.15) is 22.0 Å². The van der Waals surface area contributed by atoms with Crippen LogP contribution in [0.15, 0.2) is 65.8 Å². The lowest BCUT2D eigenvalue weighted by molar-refractivity contribution is -0.140. The molecule has 1 aromatic carbocycles. The Morgan fingerprint density at radius 1 is 1.10 bits per heavy atom. The minimum Gasteiger partial charge on any atom is -0.507 e. The number of nitrogens with zero attached hydrogens (tertiary/aromatic N) is 2. The summed E-state index contributed by atoms with van der Waals surface area (Å²) >= 11 is 1.49. The summed E-state index contributed by atoms with van der Waals surface area (Å²) in [6.07, 6.45) is 3.03. The second-order valence-corrected chi connectivity index (χ2v) is 7.89. The van der Waals surface area contributed by atoms with Crippen molar-refractivity contribution < 1.29 is 24.2 Å². The summed E-state index contributed by atoms with van der Waals surface area (Å²) in [5, 5.41) is 12.9. The molecule has 1 atom stereocenters. The normalized spacial score (nSPS) is 17.7. The molecule has 1 N–H and O–H groups in total. The monoisotopic (exact) mass is 436 g/mol. The number of benzene rings is 1. The summed E-state index contributed by atoms with van der Waals surface area (Å²) < 4.78 is 10.7. The zero-order chi connectivity index (χ0) is 22.0. The third-order valence-corrected chi connectivity index (χ3v) is 5.98. The topological polar surface area (TPSA) is 89.0 Å². The number of rotatable bonds is 6. The largest absolute Gasteiger partial charge is 0.507 e. The molecule has 3 heterocycles. The van der Waals surface area contributed by atoms with Gasteiger partial charge in [-0.05, 0) is 41.3 Å². The number of aliphatic hydroxyl groups is 1. The van der Waals surface area contributed by atoms with Crippen LogP contribution >= 0.6 is 11.3 Å². The quantitative estimate of drug-likeness (QED) is 0.359. The molecule has 1 saturated heterocycles. The van der Waals surface area contributed by atoms with Crippen LogP contribution in [0.4, 0.5) is 0 Å². The van der Waals surface area contributed by atoms with E-state index in [1.807, 2.05) is 17.5 Å². The van der Waals surface area contributed by atoms with Crippen molar-refractivity contribution >= 4 is 28.8 Å².